The van der Waals surface area contributed by atoms with Crippen LogP contribution in [0.2, 0.25) is 0 Å². The number of thioether (sulfide) groups is 1. The van der Waals surface area contributed by atoms with Crippen LogP contribution in [0, 0.1) is 13.8 Å². The summed E-state index contributed by atoms with van der Waals surface area (Å²) in [6.07, 6.45) is 1.92. The van der Waals surface area contributed by atoms with Crippen molar-refractivity contribution in [2.24, 2.45) is 0 Å². The monoisotopic (exact) mass is 283 g/mol. The maximum absolute atomic E-state index is 10.6. The molecule has 2 rings (SSSR count). The Morgan fingerprint density at radius 3 is 2.89 bits per heavy atom. The summed E-state index contributed by atoms with van der Waals surface area (Å²) in [5.74, 6) is -0.816. The van der Waals surface area contributed by atoms with E-state index in [1.54, 1.807) is 11.3 Å². The molecule has 2 aromatic heterocycles. The zero-order valence-electron chi connectivity index (χ0n) is 10.1. The van der Waals surface area contributed by atoms with Gasteiger partial charge in [0, 0.05) is 11.6 Å². The highest BCUT2D eigenvalue weighted by Gasteiger charge is 2.10. The van der Waals surface area contributed by atoms with Crippen LogP contribution in [0.4, 0.5) is 0 Å². The number of carboxylic acids is 1. The van der Waals surface area contributed by atoms with Crippen LogP contribution in [0.3, 0.4) is 0 Å². The highest BCUT2D eigenvalue weighted by Crippen LogP contribution is 2.19. The van der Waals surface area contributed by atoms with Crippen molar-refractivity contribution in [1.29, 1.82) is 0 Å². The van der Waals surface area contributed by atoms with Crippen molar-refractivity contribution in [3.63, 3.8) is 0 Å². The zero-order valence-corrected chi connectivity index (χ0v) is 11.7. The van der Waals surface area contributed by atoms with Gasteiger partial charge < -0.3 is 9.67 Å². The molecule has 0 spiro atoms. The van der Waals surface area contributed by atoms with Gasteiger partial charge in [0.25, 0.3) is 0 Å². The van der Waals surface area contributed by atoms with Crippen LogP contribution in [-0.2, 0) is 11.3 Å². The van der Waals surface area contributed by atoms with Gasteiger partial charge in [0.2, 0.25) is 0 Å². The standard InChI is InChI=1S/C11H13N3O2S2/c1-7-3-14(4-9-5-17-8(2)13-9)11(12-7)18-6-10(15)16/h3,5H,4,6H2,1-2H3,(H,15,16). The van der Waals surface area contributed by atoms with Crippen LogP contribution in [0.1, 0.15) is 16.4 Å². The number of rotatable bonds is 5. The van der Waals surface area contributed by atoms with Crippen molar-refractivity contribution in [2.75, 3.05) is 5.75 Å². The highest BCUT2D eigenvalue weighted by atomic mass is 32.2. The van der Waals surface area contributed by atoms with Crippen LogP contribution in [0.25, 0.3) is 0 Å². The predicted octanol–water partition coefficient (Wildman–Crippen LogP) is 2.18. The summed E-state index contributed by atoms with van der Waals surface area (Å²) in [4.78, 5) is 19.3. The van der Waals surface area contributed by atoms with Gasteiger partial charge in [0.05, 0.1) is 28.7 Å². The molecule has 2 aromatic rings. The van der Waals surface area contributed by atoms with Gasteiger partial charge in [-0.15, -0.1) is 11.3 Å². The smallest absolute Gasteiger partial charge is 0.313 e. The van der Waals surface area contributed by atoms with Gasteiger partial charge in [-0.1, -0.05) is 11.8 Å². The number of hydrogen-bond acceptors (Lipinski definition) is 5. The van der Waals surface area contributed by atoms with E-state index < -0.39 is 5.97 Å². The Morgan fingerprint density at radius 2 is 2.28 bits per heavy atom. The van der Waals surface area contributed by atoms with Crippen LogP contribution in [-0.4, -0.2) is 31.4 Å². The number of nitrogens with zero attached hydrogens (tertiary/aromatic N) is 3. The number of aromatic nitrogens is 3. The Morgan fingerprint density at radius 1 is 1.50 bits per heavy atom. The van der Waals surface area contributed by atoms with Crippen molar-refractivity contribution >= 4 is 29.1 Å². The Labute approximate surface area is 113 Å². The van der Waals surface area contributed by atoms with Crippen LogP contribution >= 0.6 is 23.1 Å². The fourth-order valence-corrected chi connectivity index (χ4v) is 2.88. The van der Waals surface area contributed by atoms with Crippen molar-refractivity contribution in [3.05, 3.63) is 28.0 Å². The summed E-state index contributed by atoms with van der Waals surface area (Å²) in [6, 6.07) is 0. The normalized spacial score (nSPS) is 10.8. The van der Waals surface area contributed by atoms with E-state index in [0.29, 0.717) is 6.54 Å². The zero-order chi connectivity index (χ0) is 13.1. The average Bonchev–Trinajstić information content (AvgIpc) is 2.83. The second kappa shape index (κ2) is 5.53. The van der Waals surface area contributed by atoms with Gasteiger partial charge >= 0.3 is 5.97 Å². The Hall–Kier alpha value is -1.34. The van der Waals surface area contributed by atoms with Gasteiger partial charge in [-0.05, 0) is 13.8 Å². The first-order valence-corrected chi connectivity index (χ1v) is 7.20. The highest BCUT2D eigenvalue weighted by molar-refractivity contribution is 7.99. The predicted molar refractivity (Wildman–Crippen MR) is 71.3 cm³/mol. The summed E-state index contributed by atoms with van der Waals surface area (Å²) in [6.45, 7) is 4.49. The van der Waals surface area contributed by atoms with E-state index in [1.807, 2.05) is 30.0 Å². The quantitative estimate of drug-likeness (QED) is 0.852. The molecule has 18 heavy (non-hydrogen) atoms. The molecule has 0 radical (unpaired) electrons. The molecule has 0 aliphatic heterocycles. The largest absolute Gasteiger partial charge is 0.481 e. The lowest BCUT2D eigenvalue weighted by Gasteiger charge is -2.03. The summed E-state index contributed by atoms with van der Waals surface area (Å²) in [7, 11) is 0. The summed E-state index contributed by atoms with van der Waals surface area (Å²) >= 11 is 2.84. The molecule has 0 aliphatic carbocycles. The number of imidazole rings is 1. The second-order valence-corrected chi connectivity index (χ2v) is 5.84. The lowest BCUT2D eigenvalue weighted by atomic mass is 10.5. The molecule has 7 heteroatoms. The van der Waals surface area contributed by atoms with Gasteiger partial charge in [-0.2, -0.15) is 0 Å². The minimum atomic E-state index is -0.836. The maximum Gasteiger partial charge on any atom is 0.313 e. The molecule has 2 heterocycles. The third kappa shape index (κ3) is 3.33. The van der Waals surface area contributed by atoms with Crippen molar-refractivity contribution in [3.8, 4) is 0 Å². The fraction of sp³-hybridized carbons (Fsp3) is 0.364. The molecule has 96 valence electrons. The number of thiazole rings is 1. The van der Waals surface area contributed by atoms with Crippen molar-refractivity contribution in [2.45, 2.75) is 25.5 Å². The lowest BCUT2D eigenvalue weighted by Crippen LogP contribution is -2.04. The first-order chi connectivity index (χ1) is 8.54. The van der Waals surface area contributed by atoms with Gasteiger partial charge in [0.1, 0.15) is 0 Å². The van der Waals surface area contributed by atoms with Crippen LogP contribution in [0.15, 0.2) is 16.7 Å². The first-order valence-electron chi connectivity index (χ1n) is 5.34. The summed E-state index contributed by atoms with van der Waals surface area (Å²) in [5, 5.41) is 12.5. The van der Waals surface area contributed by atoms with E-state index in [2.05, 4.69) is 9.97 Å². The second-order valence-electron chi connectivity index (χ2n) is 3.83. The van der Waals surface area contributed by atoms with E-state index in [4.69, 9.17) is 5.11 Å². The molecule has 1 N–H and O–H groups in total. The van der Waals surface area contributed by atoms with Crippen LogP contribution in [0.5, 0.6) is 0 Å². The lowest BCUT2D eigenvalue weighted by molar-refractivity contribution is -0.133. The molecule has 0 saturated heterocycles. The number of aryl methyl sites for hydroxylation is 2. The van der Waals surface area contributed by atoms with E-state index in [1.165, 1.54) is 11.8 Å². The topological polar surface area (TPSA) is 68.0 Å². The number of carbonyl (C=O) groups is 1. The first kappa shape index (κ1) is 13.1. The SMILES string of the molecule is Cc1cn(Cc2csc(C)n2)c(SCC(=O)O)n1. The third-order valence-electron chi connectivity index (χ3n) is 2.18. The van der Waals surface area contributed by atoms with Gasteiger partial charge in [0.15, 0.2) is 5.16 Å². The van der Waals surface area contributed by atoms with E-state index >= 15 is 0 Å². The molecule has 0 bridgehead atoms. The molecule has 0 aliphatic rings. The Bertz CT molecular complexity index is 562. The molecule has 0 amide bonds. The fourth-order valence-electron chi connectivity index (χ4n) is 1.53. The van der Waals surface area contributed by atoms with Crippen molar-refractivity contribution < 1.29 is 9.90 Å². The van der Waals surface area contributed by atoms with Gasteiger partial charge in [-0.25, -0.2) is 9.97 Å². The molecule has 5 nitrogen and oxygen atoms in total. The minimum Gasteiger partial charge on any atom is -0.481 e. The molecule has 0 unspecified atom stereocenters. The minimum absolute atomic E-state index is 0.0204. The Balaban J connectivity index is 2.14. The molecule has 0 fully saturated rings. The van der Waals surface area contributed by atoms with E-state index in [9.17, 15) is 4.79 Å². The van der Waals surface area contributed by atoms with Crippen LogP contribution < -0.4 is 0 Å². The molecule has 0 aromatic carbocycles. The number of aliphatic carboxylic acids is 1. The number of carboxylic acid groups (broad SMARTS) is 1. The van der Waals surface area contributed by atoms with E-state index in [0.717, 1.165) is 21.6 Å². The summed E-state index contributed by atoms with van der Waals surface area (Å²) < 4.78 is 1.94. The third-order valence-corrected chi connectivity index (χ3v) is 3.98. The molecule has 0 saturated carbocycles. The number of hydrogen-bond donors (Lipinski definition) is 1. The average molecular weight is 283 g/mol. The van der Waals surface area contributed by atoms with Gasteiger partial charge in [-0.3, -0.25) is 4.79 Å². The molecular weight excluding hydrogens is 270 g/mol. The Kier molecular flexibility index (Phi) is 4.03. The maximum atomic E-state index is 10.6. The summed E-state index contributed by atoms with van der Waals surface area (Å²) in [5.41, 5.74) is 1.86. The van der Waals surface area contributed by atoms with E-state index in [-0.39, 0.29) is 5.75 Å². The molecule has 0 atom stereocenters. The van der Waals surface area contributed by atoms with Crippen molar-refractivity contribution in [1.82, 2.24) is 14.5 Å². The molecular formula is C11H13N3O2S2.